The second-order valence-electron chi connectivity index (χ2n) is 5.99. The molecule has 0 spiro atoms. The van der Waals surface area contributed by atoms with Crippen LogP contribution in [-0.2, 0) is 4.74 Å². The SMILES string of the molecule is C1CCC(CNCC(C2CC2)C2CC2)OC1. The van der Waals surface area contributed by atoms with Crippen LogP contribution in [0.15, 0.2) is 0 Å². The molecule has 3 fully saturated rings. The van der Waals surface area contributed by atoms with Crippen molar-refractivity contribution < 1.29 is 4.74 Å². The smallest absolute Gasteiger partial charge is 0.0699 e. The van der Waals surface area contributed by atoms with Crippen LogP contribution < -0.4 is 5.32 Å². The summed E-state index contributed by atoms with van der Waals surface area (Å²) in [7, 11) is 0. The van der Waals surface area contributed by atoms with E-state index in [1.165, 1.54) is 51.5 Å². The number of ether oxygens (including phenoxy) is 1. The molecule has 3 aliphatic rings. The molecule has 1 aliphatic heterocycles. The van der Waals surface area contributed by atoms with Gasteiger partial charge in [-0.1, -0.05) is 0 Å². The molecule has 0 radical (unpaired) electrons. The van der Waals surface area contributed by atoms with Gasteiger partial charge >= 0.3 is 0 Å². The monoisotopic (exact) mass is 223 g/mol. The molecule has 1 unspecified atom stereocenters. The summed E-state index contributed by atoms with van der Waals surface area (Å²) in [4.78, 5) is 0. The maximum atomic E-state index is 5.75. The van der Waals surface area contributed by atoms with Gasteiger partial charge in [-0.3, -0.25) is 0 Å². The molecule has 0 aromatic heterocycles. The molecule has 1 atom stereocenters. The van der Waals surface area contributed by atoms with Crippen LogP contribution in [0.2, 0.25) is 0 Å². The van der Waals surface area contributed by atoms with Gasteiger partial charge in [0.2, 0.25) is 0 Å². The largest absolute Gasteiger partial charge is 0.377 e. The normalized spacial score (nSPS) is 30.9. The van der Waals surface area contributed by atoms with Gasteiger partial charge in [0.25, 0.3) is 0 Å². The van der Waals surface area contributed by atoms with Crippen molar-refractivity contribution in [2.24, 2.45) is 17.8 Å². The molecule has 2 saturated carbocycles. The number of nitrogens with one attached hydrogen (secondary N) is 1. The van der Waals surface area contributed by atoms with Crippen molar-refractivity contribution in [1.82, 2.24) is 5.32 Å². The zero-order chi connectivity index (χ0) is 10.8. The highest BCUT2D eigenvalue weighted by Gasteiger charge is 2.40. The molecule has 2 nitrogen and oxygen atoms in total. The lowest BCUT2D eigenvalue weighted by Crippen LogP contribution is -2.35. The Kier molecular flexibility index (Phi) is 3.49. The van der Waals surface area contributed by atoms with Crippen molar-refractivity contribution in [3.63, 3.8) is 0 Å². The minimum Gasteiger partial charge on any atom is -0.377 e. The van der Waals surface area contributed by atoms with Crippen LogP contribution in [-0.4, -0.2) is 25.8 Å². The van der Waals surface area contributed by atoms with Crippen LogP contribution in [0.3, 0.4) is 0 Å². The standard InChI is InChI=1S/C14H25NO/c1-2-8-16-13(3-1)9-15-10-14(11-4-5-11)12-6-7-12/h11-15H,1-10H2. The predicted molar refractivity (Wildman–Crippen MR) is 65.4 cm³/mol. The van der Waals surface area contributed by atoms with Crippen molar-refractivity contribution in [3.8, 4) is 0 Å². The molecule has 2 aliphatic carbocycles. The summed E-state index contributed by atoms with van der Waals surface area (Å²) in [5.41, 5.74) is 0. The van der Waals surface area contributed by atoms with Gasteiger partial charge in [-0.05, 0) is 69.2 Å². The van der Waals surface area contributed by atoms with Crippen LogP contribution in [0.5, 0.6) is 0 Å². The molecule has 1 saturated heterocycles. The van der Waals surface area contributed by atoms with E-state index in [1.807, 2.05) is 0 Å². The van der Waals surface area contributed by atoms with Gasteiger partial charge in [0, 0.05) is 13.2 Å². The topological polar surface area (TPSA) is 21.3 Å². The highest BCUT2D eigenvalue weighted by molar-refractivity contribution is 4.92. The first kappa shape index (κ1) is 11.0. The summed E-state index contributed by atoms with van der Waals surface area (Å²) in [6.07, 6.45) is 10.4. The van der Waals surface area contributed by atoms with E-state index in [1.54, 1.807) is 0 Å². The van der Waals surface area contributed by atoms with Crippen LogP contribution >= 0.6 is 0 Å². The number of hydrogen-bond acceptors (Lipinski definition) is 2. The maximum absolute atomic E-state index is 5.75. The van der Waals surface area contributed by atoms with Crippen molar-refractivity contribution in [2.75, 3.05) is 19.7 Å². The van der Waals surface area contributed by atoms with E-state index >= 15 is 0 Å². The van der Waals surface area contributed by atoms with Crippen molar-refractivity contribution in [1.29, 1.82) is 0 Å². The van der Waals surface area contributed by atoms with Crippen molar-refractivity contribution in [2.45, 2.75) is 51.0 Å². The Bertz CT molecular complexity index is 205. The van der Waals surface area contributed by atoms with E-state index in [2.05, 4.69) is 5.32 Å². The molecule has 2 heteroatoms. The molecule has 16 heavy (non-hydrogen) atoms. The third-order valence-corrected chi connectivity index (χ3v) is 4.48. The maximum Gasteiger partial charge on any atom is 0.0699 e. The van der Waals surface area contributed by atoms with Gasteiger partial charge in [0.15, 0.2) is 0 Å². The third-order valence-electron chi connectivity index (χ3n) is 4.48. The predicted octanol–water partition coefficient (Wildman–Crippen LogP) is 2.58. The second kappa shape index (κ2) is 5.05. The Morgan fingerprint density at radius 1 is 1.00 bits per heavy atom. The summed E-state index contributed by atoms with van der Waals surface area (Å²) in [5.74, 6) is 3.16. The fraction of sp³-hybridized carbons (Fsp3) is 1.00. The van der Waals surface area contributed by atoms with Crippen molar-refractivity contribution >= 4 is 0 Å². The van der Waals surface area contributed by atoms with Gasteiger partial charge in [0.05, 0.1) is 6.10 Å². The Balaban J connectivity index is 1.34. The van der Waals surface area contributed by atoms with Gasteiger partial charge in [-0.2, -0.15) is 0 Å². The van der Waals surface area contributed by atoms with Gasteiger partial charge < -0.3 is 10.1 Å². The van der Waals surface area contributed by atoms with E-state index in [-0.39, 0.29) is 0 Å². The van der Waals surface area contributed by atoms with E-state index in [0.29, 0.717) is 6.10 Å². The molecule has 0 bridgehead atoms. The summed E-state index contributed by atoms with van der Waals surface area (Å²) in [5, 5.41) is 3.67. The molecule has 0 aromatic rings. The van der Waals surface area contributed by atoms with Crippen LogP contribution in [0.4, 0.5) is 0 Å². The molecule has 92 valence electrons. The first-order valence-electron chi connectivity index (χ1n) is 7.26. The molecule has 1 N–H and O–H groups in total. The van der Waals surface area contributed by atoms with Crippen LogP contribution in [0.1, 0.15) is 44.9 Å². The van der Waals surface area contributed by atoms with Crippen LogP contribution in [0.25, 0.3) is 0 Å². The molecular weight excluding hydrogens is 198 g/mol. The lowest BCUT2D eigenvalue weighted by molar-refractivity contribution is 0.0162. The third kappa shape index (κ3) is 2.98. The molecule has 0 aromatic carbocycles. The Morgan fingerprint density at radius 3 is 2.31 bits per heavy atom. The number of hydrogen-bond donors (Lipinski definition) is 1. The van der Waals surface area contributed by atoms with Gasteiger partial charge in [0.1, 0.15) is 0 Å². The highest BCUT2D eigenvalue weighted by Crippen LogP contribution is 2.48. The van der Waals surface area contributed by atoms with E-state index in [9.17, 15) is 0 Å². The van der Waals surface area contributed by atoms with Crippen molar-refractivity contribution in [3.05, 3.63) is 0 Å². The average molecular weight is 223 g/mol. The first-order valence-corrected chi connectivity index (χ1v) is 7.26. The summed E-state index contributed by atoms with van der Waals surface area (Å²) < 4.78 is 5.75. The van der Waals surface area contributed by atoms with Gasteiger partial charge in [-0.15, -0.1) is 0 Å². The Hall–Kier alpha value is -0.0800. The lowest BCUT2D eigenvalue weighted by atomic mass is 9.98. The average Bonchev–Trinajstić information content (AvgIpc) is 3.17. The zero-order valence-corrected chi connectivity index (χ0v) is 10.3. The summed E-state index contributed by atoms with van der Waals surface area (Å²) in [6, 6.07) is 0. The second-order valence-corrected chi connectivity index (χ2v) is 5.99. The van der Waals surface area contributed by atoms with E-state index < -0.39 is 0 Å². The van der Waals surface area contributed by atoms with E-state index in [0.717, 1.165) is 30.9 Å². The lowest BCUT2D eigenvalue weighted by Gasteiger charge is -2.24. The minimum atomic E-state index is 0.507. The van der Waals surface area contributed by atoms with Gasteiger partial charge in [-0.25, -0.2) is 0 Å². The molecular formula is C14H25NO. The summed E-state index contributed by atoms with van der Waals surface area (Å²) in [6.45, 7) is 3.34. The Morgan fingerprint density at radius 2 is 1.75 bits per heavy atom. The van der Waals surface area contributed by atoms with E-state index in [4.69, 9.17) is 4.74 Å². The molecule has 1 heterocycles. The number of rotatable bonds is 6. The zero-order valence-electron chi connectivity index (χ0n) is 10.3. The Labute approximate surface area is 99.1 Å². The fourth-order valence-electron chi connectivity index (χ4n) is 3.15. The van der Waals surface area contributed by atoms with Crippen LogP contribution in [0, 0.1) is 17.8 Å². The summed E-state index contributed by atoms with van der Waals surface area (Å²) >= 11 is 0. The molecule has 3 rings (SSSR count). The quantitative estimate of drug-likeness (QED) is 0.747. The fourth-order valence-corrected chi connectivity index (χ4v) is 3.15. The first-order chi connectivity index (χ1) is 7.93. The molecule has 0 amide bonds. The minimum absolute atomic E-state index is 0.507. The highest BCUT2D eigenvalue weighted by atomic mass is 16.5.